The molecule has 1 unspecified atom stereocenters. The van der Waals surface area contributed by atoms with Gasteiger partial charge in [-0.2, -0.15) is 0 Å². The summed E-state index contributed by atoms with van der Waals surface area (Å²) < 4.78 is 0. The highest BCUT2D eigenvalue weighted by Crippen LogP contribution is 2.30. The van der Waals surface area contributed by atoms with Gasteiger partial charge in [-0.1, -0.05) is 19.1 Å². The first-order chi connectivity index (χ1) is 8.65. The van der Waals surface area contributed by atoms with Crippen molar-refractivity contribution in [1.82, 2.24) is 5.32 Å². The fraction of sp³-hybridized carbons (Fsp3) is 0.500. The summed E-state index contributed by atoms with van der Waals surface area (Å²) in [5, 5.41) is 3.24. The summed E-state index contributed by atoms with van der Waals surface area (Å²) >= 11 is 0. The Balaban J connectivity index is 2.25. The lowest BCUT2D eigenvalue weighted by molar-refractivity contribution is -0.118. The summed E-state index contributed by atoms with van der Waals surface area (Å²) in [4.78, 5) is 16.3. The lowest BCUT2D eigenvalue weighted by Crippen LogP contribution is -2.38. The van der Waals surface area contributed by atoms with Crippen LogP contribution in [0.1, 0.15) is 13.3 Å². The average molecular weight is 247 g/mol. The van der Waals surface area contributed by atoms with E-state index in [1.165, 1.54) is 0 Å². The Bertz CT molecular complexity index is 431. The monoisotopic (exact) mass is 247 g/mol. The van der Waals surface area contributed by atoms with Crippen LogP contribution in [0.15, 0.2) is 24.3 Å². The first kappa shape index (κ1) is 12.9. The molecule has 2 rings (SSSR count). The third-order valence-corrected chi connectivity index (χ3v) is 3.31. The second-order valence-corrected chi connectivity index (χ2v) is 4.77. The van der Waals surface area contributed by atoms with Crippen molar-refractivity contribution in [2.24, 2.45) is 0 Å². The number of hydrogen-bond donors (Lipinski definition) is 1. The number of carbonyl (C=O) groups excluding carboxylic acids is 1. The van der Waals surface area contributed by atoms with E-state index in [-0.39, 0.29) is 11.9 Å². The first-order valence-electron chi connectivity index (χ1n) is 6.46. The molecule has 4 nitrogen and oxygen atoms in total. The second-order valence-electron chi connectivity index (χ2n) is 4.77. The molecular formula is C14H21N3O. The maximum atomic E-state index is 12.3. The molecular weight excluding hydrogens is 226 g/mol. The highest BCUT2D eigenvalue weighted by molar-refractivity contribution is 6.01. The topological polar surface area (TPSA) is 35.6 Å². The molecule has 1 amide bonds. The quantitative estimate of drug-likeness (QED) is 0.875. The lowest BCUT2D eigenvalue weighted by Gasteiger charge is -2.24. The molecule has 18 heavy (non-hydrogen) atoms. The summed E-state index contributed by atoms with van der Waals surface area (Å²) in [6.45, 7) is 3.66. The normalized spacial score (nSPS) is 19.4. The van der Waals surface area contributed by atoms with Crippen LogP contribution >= 0.6 is 0 Å². The van der Waals surface area contributed by atoms with Crippen LogP contribution in [0.25, 0.3) is 0 Å². The van der Waals surface area contributed by atoms with E-state index in [2.05, 4.69) is 5.32 Å². The zero-order valence-electron chi connectivity index (χ0n) is 11.3. The van der Waals surface area contributed by atoms with Crippen molar-refractivity contribution in [1.29, 1.82) is 0 Å². The molecule has 0 bridgehead atoms. The molecule has 1 aliphatic rings. The van der Waals surface area contributed by atoms with E-state index in [1.807, 2.05) is 55.1 Å². The Labute approximate surface area is 109 Å². The molecule has 4 heteroatoms. The van der Waals surface area contributed by atoms with Gasteiger partial charge >= 0.3 is 0 Å². The Hall–Kier alpha value is -1.55. The molecule has 1 aliphatic heterocycles. The van der Waals surface area contributed by atoms with Crippen LogP contribution in [-0.2, 0) is 4.79 Å². The van der Waals surface area contributed by atoms with Gasteiger partial charge in [0.25, 0.3) is 0 Å². The number of nitrogens with zero attached hydrogens (tertiary/aromatic N) is 2. The van der Waals surface area contributed by atoms with E-state index in [1.54, 1.807) is 0 Å². The second kappa shape index (κ2) is 5.40. The van der Waals surface area contributed by atoms with Crippen LogP contribution in [0.2, 0.25) is 0 Å². The van der Waals surface area contributed by atoms with Crippen molar-refractivity contribution in [3.05, 3.63) is 24.3 Å². The average Bonchev–Trinajstić information content (AvgIpc) is 2.72. The number of para-hydroxylation sites is 2. The minimum absolute atomic E-state index is 0.0229. The van der Waals surface area contributed by atoms with Gasteiger partial charge in [0.1, 0.15) is 0 Å². The van der Waals surface area contributed by atoms with E-state index >= 15 is 0 Å². The summed E-state index contributed by atoms with van der Waals surface area (Å²) in [7, 11) is 4.00. The zero-order chi connectivity index (χ0) is 13.1. The van der Waals surface area contributed by atoms with Crippen molar-refractivity contribution in [2.75, 3.05) is 37.0 Å². The van der Waals surface area contributed by atoms with Crippen LogP contribution in [0, 0.1) is 0 Å². The third-order valence-electron chi connectivity index (χ3n) is 3.31. The molecule has 1 atom stereocenters. The Morgan fingerprint density at radius 1 is 1.39 bits per heavy atom. The van der Waals surface area contributed by atoms with Crippen molar-refractivity contribution >= 4 is 17.3 Å². The zero-order valence-corrected chi connectivity index (χ0v) is 11.3. The Kier molecular flexibility index (Phi) is 3.87. The molecule has 0 radical (unpaired) electrons. The molecule has 1 saturated heterocycles. The molecule has 1 heterocycles. The molecule has 98 valence electrons. The largest absolute Gasteiger partial charge is 0.376 e. The fourth-order valence-electron chi connectivity index (χ4n) is 2.43. The summed E-state index contributed by atoms with van der Waals surface area (Å²) in [5.74, 6) is 0.186. The summed E-state index contributed by atoms with van der Waals surface area (Å²) in [6, 6.07) is 8.02. The molecule has 0 aromatic heterocycles. The fourth-order valence-corrected chi connectivity index (χ4v) is 2.43. The van der Waals surface area contributed by atoms with Crippen LogP contribution < -0.4 is 15.1 Å². The molecule has 0 spiro atoms. The number of carbonyl (C=O) groups is 1. The molecule has 1 N–H and O–H groups in total. The van der Waals surface area contributed by atoms with Crippen LogP contribution in [-0.4, -0.2) is 39.1 Å². The number of amides is 1. The van der Waals surface area contributed by atoms with E-state index in [0.717, 1.165) is 30.9 Å². The van der Waals surface area contributed by atoms with E-state index in [0.29, 0.717) is 0 Å². The summed E-state index contributed by atoms with van der Waals surface area (Å²) in [5.41, 5.74) is 2.09. The smallest absolute Gasteiger partial charge is 0.244 e. The van der Waals surface area contributed by atoms with Crippen LogP contribution in [0.4, 0.5) is 11.4 Å². The van der Waals surface area contributed by atoms with Gasteiger partial charge in [0, 0.05) is 20.6 Å². The van der Waals surface area contributed by atoms with Crippen molar-refractivity contribution < 1.29 is 4.79 Å². The maximum absolute atomic E-state index is 12.3. The molecule has 0 saturated carbocycles. The molecule has 1 aromatic carbocycles. The minimum atomic E-state index is -0.0229. The SMILES string of the molecule is CCNC1CCN(c2ccccc2N(C)C)C1=O. The van der Waals surface area contributed by atoms with Gasteiger partial charge in [0.05, 0.1) is 17.4 Å². The van der Waals surface area contributed by atoms with Gasteiger partial charge in [-0.25, -0.2) is 0 Å². The molecule has 0 aliphatic carbocycles. The van der Waals surface area contributed by atoms with E-state index in [4.69, 9.17) is 0 Å². The predicted molar refractivity (Wildman–Crippen MR) is 75.2 cm³/mol. The number of likely N-dealkylation sites (N-methyl/N-ethyl adjacent to an activating group) is 1. The standard InChI is InChI=1S/C14H21N3O/c1-4-15-11-9-10-17(14(11)18)13-8-6-5-7-12(13)16(2)3/h5-8,11,15H,4,9-10H2,1-3H3. The Morgan fingerprint density at radius 3 is 2.78 bits per heavy atom. The number of benzene rings is 1. The predicted octanol–water partition coefficient (Wildman–Crippen LogP) is 1.47. The third kappa shape index (κ3) is 2.34. The molecule has 1 aromatic rings. The van der Waals surface area contributed by atoms with E-state index in [9.17, 15) is 4.79 Å². The number of hydrogen-bond acceptors (Lipinski definition) is 3. The summed E-state index contributed by atoms with van der Waals surface area (Å²) in [6.07, 6.45) is 0.883. The van der Waals surface area contributed by atoms with Crippen LogP contribution in [0.3, 0.4) is 0 Å². The van der Waals surface area contributed by atoms with Crippen molar-refractivity contribution in [3.8, 4) is 0 Å². The minimum Gasteiger partial charge on any atom is -0.376 e. The number of rotatable bonds is 4. The van der Waals surface area contributed by atoms with Gasteiger partial charge in [0.15, 0.2) is 0 Å². The highest BCUT2D eigenvalue weighted by Gasteiger charge is 2.32. The Morgan fingerprint density at radius 2 is 2.11 bits per heavy atom. The number of anilines is 2. The van der Waals surface area contributed by atoms with E-state index < -0.39 is 0 Å². The van der Waals surface area contributed by atoms with Gasteiger partial charge in [0.2, 0.25) is 5.91 Å². The maximum Gasteiger partial charge on any atom is 0.244 e. The first-order valence-corrected chi connectivity index (χ1v) is 6.46. The lowest BCUT2D eigenvalue weighted by atomic mass is 10.2. The molecule has 1 fully saturated rings. The van der Waals surface area contributed by atoms with Gasteiger partial charge in [-0.15, -0.1) is 0 Å². The van der Waals surface area contributed by atoms with Gasteiger partial charge < -0.3 is 15.1 Å². The highest BCUT2D eigenvalue weighted by atomic mass is 16.2. The van der Waals surface area contributed by atoms with Crippen molar-refractivity contribution in [2.45, 2.75) is 19.4 Å². The van der Waals surface area contributed by atoms with Crippen molar-refractivity contribution in [3.63, 3.8) is 0 Å². The number of nitrogens with one attached hydrogen (secondary N) is 1. The van der Waals surface area contributed by atoms with Gasteiger partial charge in [-0.3, -0.25) is 4.79 Å². The van der Waals surface area contributed by atoms with Gasteiger partial charge in [-0.05, 0) is 25.1 Å². The van der Waals surface area contributed by atoms with Crippen LogP contribution in [0.5, 0.6) is 0 Å².